The summed E-state index contributed by atoms with van der Waals surface area (Å²) in [6.45, 7) is 2.08. The van der Waals surface area contributed by atoms with Gasteiger partial charge in [0.05, 0.1) is 0 Å². The highest BCUT2D eigenvalue weighted by Crippen LogP contribution is 2.15. The Morgan fingerprint density at radius 2 is 2.17 bits per heavy atom. The Balaban J connectivity index is 2.27. The van der Waals surface area contributed by atoms with Gasteiger partial charge in [-0.25, -0.2) is 0 Å². The van der Waals surface area contributed by atoms with Gasteiger partial charge in [-0.15, -0.1) is 5.10 Å². The fourth-order valence-corrected chi connectivity index (χ4v) is 1.46. The average Bonchev–Trinajstić information content (AvgIpc) is 2.74. The molecule has 1 fully saturated rings. The third kappa shape index (κ3) is 1.03. The molecule has 1 aromatic rings. The van der Waals surface area contributed by atoms with Crippen LogP contribution in [0.5, 0.6) is 0 Å². The largest absolute Gasteiger partial charge is 0.340 e. The van der Waals surface area contributed by atoms with E-state index in [0.29, 0.717) is 0 Å². The molecule has 1 aliphatic heterocycles. The molecule has 0 N–H and O–H groups in total. The molecule has 4 nitrogen and oxygen atoms in total. The van der Waals surface area contributed by atoms with E-state index in [1.807, 2.05) is 0 Å². The van der Waals surface area contributed by atoms with Crippen LogP contribution in [0.1, 0.15) is 12.8 Å². The first-order valence-corrected chi connectivity index (χ1v) is 4.03. The molecule has 0 amide bonds. The van der Waals surface area contributed by atoms with E-state index in [2.05, 4.69) is 21.0 Å². The van der Waals surface area contributed by atoms with Gasteiger partial charge in [-0.3, -0.25) is 0 Å². The minimum Gasteiger partial charge on any atom is -0.340 e. The lowest BCUT2D eigenvalue weighted by atomic mass is 10.4. The van der Waals surface area contributed by atoms with Gasteiger partial charge in [-0.2, -0.15) is 9.67 Å². The van der Waals surface area contributed by atoms with Gasteiger partial charge in [-0.05, 0) is 12.8 Å². The van der Waals surface area contributed by atoms with Crippen molar-refractivity contribution in [2.45, 2.75) is 12.8 Å². The minimum absolute atomic E-state index is 0.801. The highest BCUT2D eigenvalue weighted by atomic mass is 15.4. The number of nitrogens with zero attached hydrogens (tertiary/aromatic N) is 4. The highest BCUT2D eigenvalue weighted by molar-refractivity contribution is 5.33. The van der Waals surface area contributed by atoms with Gasteiger partial charge in [0.15, 0.2) is 0 Å². The van der Waals surface area contributed by atoms with Crippen molar-refractivity contribution in [2.75, 3.05) is 18.0 Å². The van der Waals surface area contributed by atoms with Crippen molar-refractivity contribution in [3.63, 3.8) is 0 Å². The van der Waals surface area contributed by atoms with E-state index in [0.717, 1.165) is 19.0 Å². The molecule has 4 heteroatoms. The first-order chi connectivity index (χ1) is 5.92. The van der Waals surface area contributed by atoms with Crippen LogP contribution in [-0.2, 0) is 0 Å². The standard InChI is InChI=1S/C8H10N4/c1-2-12-8(9-7-10-12)11-5-3-4-6-11/h1,7H,3-6H2. The Hall–Kier alpha value is -1.50. The maximum atomic E-state index is 5.25. The molecule has 0 aliphatic carbocycles. The van der Waals surface area contributed by atoms with Crippen LogP contribution in [0, 0.1) is 12.5 Å². The van der Waals surface area contributed by atoms with Gasteiger partial charge < -0.3 is 4.90 Å². The SMILES string of the molecule is C#Cn1ncnc1N1CCCC1. The topological polar surface area (TPSA) is 34.0 Å². The summed E-state index contributed by atoms with van der Waals surface area (Å²) in [5, 5.41) is 3.91. The second-order valence-electron chi connectivity index (χ2n) is 2.80. The lowest BCUT2D eigenvalue weighted by molar-refractivity contribution is 0.836. The third-order valence-electron chi connectivity index (χ3n) is 2.04. The summed E-state index contributed by atoms with van der Waals surface area (Å²) in [5.41, 5.74) is 0. The van der Waals surface area contributed by atoms with Crippen molar-refractivity contribution in [3.05, 3.63) is 6.33 Å². The summed E-state index contributed by atoms with van der Waals surface area (Å²) in [6, 6.07) is 2.45. The van der Waals surface area contributed by atoms with Crippen molar-refractivity contribution in [1.29, 1.82) is 0 Å². The maximum absolute atomic E-state index is 5.25. The van der Waals surface area contributed by atoms with E-state index in [9.17, 15) is 0 Å². The van der Waals surface area contributed by atoms with Gasteiger partial charge in [0, 0.05) is 19.1 Å². The molecule has 2 heterocycles. The van der Waals surface area contributed by atoms with Crippen LogP contribution in [0.2, 0.25) is 0 Å². The second kappa shape index (κ2) is 2.86. The highest BCUT2D eigenvalue weighted by Gasteiger charge is 2.16. The second-order valence-corrected chi connectivity index (χ2v) is 2.80. The number of anilines is 1. The van der Waals surface area contributed by atoms with Crippen LogP contribution < -0.4 is 4.90 Å². The third-order valence-corrected chi connectivity index (χ3v) is 2.04. The van der Waals surface area contributed by atoms with Gasteiger partial charge in [0.25, 0.3) is 0 Å². The summed E-state index contributed by atoms with van der Waals surface area (Å²) in [5.74, 6) is 0.801. The zero-order valence-electron chi connectivity index (χ0n) is 6.77. The first-order valence-electron chi connectivity index (χ1n) is 4.03. The van der Waals surface area contributed by atoms with E-state index in [1.54, 1.807) is 0 Å². The molecule has 1 saturated heterocycles. The fourth-order valence-electron chi connectivity index (χ4n) is 1.46. The zero-order chi connectivity index (χ0) is 8.39. The molecule has 1 aromatic heterocycles. The average molecular weight is 162 g/mol. The van der Waals surface area contributed by atoms with Gasteiger partial charge >= 0.3 is 0 Å². The lowest BCUT2D eigenvalue weighted by Crippen LogP contribution is -2.21. The van der Waals surface area contributed by atoms with E-state index in [4.69, 9.17) is 6.42 Å². The zero-order valence-corrected chi connectivity index (χ0v) is 6.77. The van der Waals surface area contributed by atoms with E-state index < -0.39 is 0 Å². The molecular weight excluding hydrogens is 152 g/mol. The van der Waals surface area contributed by atoms with Crippen LogP contribution in [-0.4, -0.2) is 27.9 Å². The van der Waals surface area contributed by atoms with E-state index in [1.165, 1.54) is 23.9 Å². The predicted octanol–water partition coefficient (Wildman–Crippen LogP) is 0.317. The fraction of sp³-hybridized carbons (Fsp3) is 0.500. The number of hydrogen-bond donors (Lipinski definition) is 0. The van der Waals surface area contributed by atoms with Crippen LogP contribution >= 0.6 is 0 Å². The van der Waals surface area contributed by atoms with Crippen molar-refractivity contribution in [2.24, 2.45) is 0 Å². The van der Waals surface area contributed by atoms with Crippen LogP contribution in [0.3, 0.4) is 0 Å². The molecule has 0 aromatic carbocycles. The molecule has 0 saturated carbocycles. The van der Waals surface area contributed by atoms with E-state index >= 15 is 0 Å². The molecule has 12 heavy (non-hydrogen) atoms. The number of aromatic nitrogens is 3. The molecule has 0 spiro atoms. The number of terminal acetylenes is 1. The van der Waals surface area contributed by atoms with E-state index in [-0.39, 0.29) is 0 Å². The molecule has 0 atom stereocenters. The lowest BCUT2D eigenvalue weighted by Gasteiger charge is -2.13. The smallest absolute Gasteiger partial charge is 0.236 e. The van der Waals surface area contributed by atoms with Gasteiger partial charge in [0.1, 0.15) is 6.33 Å². The molecular formula is C8H10N4. The van der Waals surface area contributed by atoms with Crippen LogP contribution in [0.15, 0.2) is 6.33 Å². The first kappa shape index (κ1) is 7.17. The summed E-state index contributed by atoms with van der Waals surface area (Å²) in [7, 11) is 0. The predicted molar refractivity (Wildman–Crippen MR) is 45.7 cm³/mol. The number of hydrogen-bond acceptors (Lipinski definition) is 3. The molecule has 2 rings (SSSR count). The molecule has 0 bridgehead atoms. The summed E-state index contributed by atoms with van der Waals surface area (Å²) >= 11 is 0. The minimum atomic E-state index is 0.801. The monoisotopic (exact) mass is 162 g/mol. The van der Waals surface area contributed by atoms with Gasteiger partial charge in [-0.1, -0.05) is 6.42 Å². The number of rotatable bonds is 1. The molecule has 62 valence electrons. The Labute approximate surface area is 71.2 Å². The Morgan fingerprint density at radius 3 is 2.83 bits per heavy atom. The maximum Gasteiger partial charge on any atom is 0.236 e. The van der Waals surface area contributed by atoms with Crippen molar-refractivity contribution in [3.8, 4) is 12.5 Å². The summed E-state index contributed by atoms with van der Waals surface area (Å²) in [4.78, 5) is 6.26. The Morgan fingerprint density at radius 1 is 1.42 bits per heavy atom. The quantitative estimate of drug-likeness (QED) is 0.557. The van der Waals surface area contributed by atoms with Crippen molar-refractivity contribution < 1.29 is 0 Å². The molecule has 0 radical (unpaired) electrons. The molecule has 1 aliphatic rings. The van der Waals surface area contributed by atoms with Crippen molar-refractivity contribution >= 4 is 5.95 Å². The van der Waals surface area contributed by atoms with Crippen LogP contribution in [0.25, 0.3) is 0 Å². The Bertz CT molecular complexity index is 303. The van der Waals surface area contributed by atoms with Crippen LogP contribution in [0.4, 0.5) is 5.95 Å². The van der Waals surface area contributed by atoms with Crippen molar-refractivity contribution in [1.82, 2.24) is 14.8 Å². The summed E-state index contributed by atoms with van der Waals surface area (Å²) < 4.78 is 1.48. The Kier molecular flexibility index (Phi) is 1.71. The normalized spacial score (nSPS) is 16.4. The van der Waals surface area contributed by atoms with Gasteiger partial charge in [0.2, 0.25) is 5.95 Å². The molecule has 0 unspecified atom stereocenters. The summed E-state index contributed by atoms with van der Waals surface area (Å²) in [6.07, 6.45) is 9.18.